The van der Waals surface area contributed by atoms with Gasteiger partial charge < -0.3 is 15.2 Å². The molecule has 122 valence electrons. The van der Waals surface area contributed by atoms with Crippen LogP contribution in [0.3, 0.4) is 0 Å². The van der Waals surface area contributed by atoms with Crippen molar-refractivity contribution in [2.75, 3.05) is 12.8 Å². The van der Waals surface area contributed by atoms with E-state index in [2.05, 4.69) is 10.2 Å². The van der Waals surface area contributed by atoms with E-state index in [0.717, 1.165) is 5.56 Å². The van der Waals surface area contributed by atoms with Crippen molar-refractivity contribution < 1.29 is 14.3 Å². The lowest BCUT2D eigenvalue weighted by atomic mass is 10.2. The molecule has 0 fully saturated rings. The highest BCUT2D eigenvalue weighted by Crippen LogP contribution is 2.15. The molecule has 0 radical (unpaired) electrons. The number of para-hydroxylation sites is 1. The van der Waals surface area contributed by atoms with E-state index >= 15 is 0 Å². The molecule has 0 amide bonds. The standard InChI is InChI=1S/C17H16N4O3/c1-23-14-9-5-6-12(10-14)11-24-17(22)15-16(18)20-21(19-15)13-7-3-2-4-8-13/h2-10H,11H2,1H3,(H2,18,20). The third-order valence-electron chi connectivity index (χ3n) is 3.32. The molecule has 0 unspecified atom stereocenters. The van der Waals surface area contributed by atoms with E-state index < -0.39 is 5.97 Å². The molecule has 3 rings (SSSR count). The predicted octanol–water partition coefficient (Wildman–Crippen LogP) is 2.22. The van der Waals surface area contributed by atoms with Crippen LogP contribution in [-0.4, -0.2) is 28.1 Å². The number of nitrogens with two attached hydrogens (primary N) is 1. The predicted molar refractivity (Wildman–Crippen MR) is 87.9 cm³/mol. The number of hydrogen-bond donors (Lipinski definition) is 1. The van der Waals surface area contributed by atoms with Crippen molar-refractivity contribution in [3.8, 4) is 11.4 Å². The number of anilines is 1. The summed E-state index contributed by atoms with van der Waals surface area (Å²) < 4.78 is 10.4. The lowest BCUT2D eigenvalue weighted by Gasteiger charge is -2.05. The zero-order valence-corrected chi connectivity index (χ0v) is 13.0. The first-order valence-corrected chi connectivity index (χ1v) is 7.25. The maximum atomic E-state index is 12.2. The van der Waals surface area contributed by atoms with Crippen LogP contribution in [0.15, 0.2) is 54.6 Å². The topological polar surface area (TPSA) is 92.3 Å². The first-order valence-electron chi connectivity index (χ1n) is 7.25. The average Bonchev–Trinajstić information content (AvgIpc) is 3.02. The van der Waals surface area contributed by atoms with Crippen LogP contribution in [0.1, 0.15) is 16.1 Å². The highest BCUT2D eigenvalue weighted by molar-refractivity contribution is 5.91. The van der Waals surface area contributed by atoms with E-state index in [1.807, 2.05) is 48.5 Å². The number of esters is 1. The molecule has 1 heterocycles. The Morgan fingerprint density at radius 1 is 1.12 bits per heavy atom. The highest BCUT2D eigenvalue weighted by atomic mass is 16.5. The van der Waals surface area contributed by atoms with Gasteiger partial charge in [0.15, 0.2) is 5.82 Å². The lowest BCUT2D eigenvalue weighted by Crippen LogP contribution is -2.09. The minimum absolute atomic E-state index is 0.0123. The Labute approximate surface area is 138 Å². The number of nitrogen functional groups attached to an aromatic ring is 1. The fourth-order valence-corrected chi connectivity index (χ4v) is 2.12. The van der Waals surface area contributed by atoms with Gasteiger partial charge in [0.1, 0.15) is 12.4 Å². The molecule has 0 spiro atoms. The van der Waals surface area contributed by atoms with Crippen LogP contribution in [0.25, 0.3) is 5.69 Å². The van der Waals surface area contributed by atoms with Gasteiger partial charge in [-0.2, -0.15) is 0 Å². The zero-order chi connectivity index (χ0) is 16.9. The van der Waals surface area contributed by atoms with Crippen LogP contribution >= 0.6 is 0 Å². The molecular formula is C17H16N4O3. The third kappa shape index (κ3) is 3.35. The highest BCUT2D eigenvalue weighted by Gasteiger charge is 2.18. The lowest BCUT2D eigenvalue weighted by molar-refractivity contribution is 0.0466. The Bertz CT molecular complexity index is 846. The molecule has 0 bridgehead atoms. The minimum atomic E-state index is -0.627. The largest absolute Gasteiger partial charge is 0.497 e. The summed E-state index contributed by atoms with van der Waals surface area (Å²) >= 11 is 0. The Morgan fingerprint density at radius 2 is 1.92 bits per heavy atom. The SMILES string of the molecule is COc1cccc(COC(=O)c2nn(-c3ccccc3)nc2N)c1. The van der Waals surface area contributed by atoms with E-state index in [1.165, 1.54) is 4.80 Å². The normalized spacial score (nSPS) is 10.4. The van der Waals surface area contributed by atoms with Gasteiger partial charge in [-0.25, -0.2) is 4.79 Å². The number of carbonyl (C=O) groups is 1. The average molecular weight is 324 g/mol. The van der Waals surface area contributed by atoms with Gasteiger partial charge in [-0.3, -0.25) is 0 Å². The number of nitrogens with zero attached hydrogens (tertiary/aromatic N) is 3. The molecule has 0 saturated heterocycles. The van der Waals surface area contributed by atoms with E-state index in [-0.39, 0.29) is 18.1 Å². The molecule has 0 aliphatic heterocycles. The van der Waals surface area contributed by atoms with Crippen LogP contribution in [0.5, 0.6) is 5.75 Å². The number of methoxy groups -OCH3 is 1. The van der Waals surface area contributed by atoms with Crippen LogP contribution in [-0.2, 0) is 11.3 Å². The molecule has 7 nitrogen and oxygen atoms in total. The van der Waals surface area contributed by atoms with Crippen LogP contribution in [0.4, 0.5) is 5.82 Å². The molecule has 0 atom stereocenters. The third-order valence-corrected chi connectivity index (χ3v) is 3.32. The molecule has 1 aromatic heterocycles. The second kappa shape index (κ2) is 6.82. The van der Waals surface area contributed by atoms with Gasteiger partial charge in [0.25, 0.3) is 0 Å². The molecule has 2 N–H and O–H groups in total. The van der Waals surface area contributed by atoms with Crippen molar-refractivity contribution in [1.29, 1.82) is 0 Å². The Hall–Kier alpha value is -3.35. The number of ether oxygens (including phenoxy) is 2. The monoisotopic (exact) mass is 324 g/mol. The van der Waals surface area contributed by atoms with Gasteiger partial charge in [0, 0.05) is 0 Å². The Balaban J connectivity index is 1.72. The van der Waals surface area contributed by atoms with Crippen LogP contribution in [0.2, 0.25) is 0 Å². The van der Waals surface area contributed by atoms with Gasteiger partial charge in [-0.15, -0.1) is 15.0 Å². The van der Waals surface area contributed by atoms with Crippen molar-refractivity contribution >= 4 is 11.8 Å². The van der Waals surface area contributed by atoms with Gasteiger partial charge in [0.05, 0.1) is 12.8 Å². The molecule has 2 aromatic carbocycles. The van der Waals surface area contributed by atoms with E-state index in [1.54, 1.807) is 13.2 Å². The van der Waals surface area contributed by atoms with Crippen LogP contribution in [0, 0.1) is 0 Å². The summed E-state index contributed by atoms with van der Waals surface area (Å²) in [6.45, 7) is 0.0909. The minimum Gasteiger partial charge on any atom is -0.497 e. The van der Waals surface area contributed by atoms with E-state index in [9.17, 15) is 4.79 Å². The van der Waals surface area contributed by atoms with Gasteiger partial charge in [-0.1, -0.05) is 30.3 Å². The molecular weight excluding hydrogens is 308 g/mol. The quantitative estimate of drug-likeness (QED) is 0.723. The summed E-state index contributed by atoms with van der Waals surface area (Å²) in [6.07, 6.45) is 0. The smallest absolute Gasteiger partial charge is 0.363 e. The summed E-state index contributed by atoms with van der Waals surface area (Å²) in [7, 11) is 1.58. The van der Waals surface area contributed by atoms with E-state index in [0.29, 0.717) is 11.4 Å². The number of aromatic nitrogens is 3. The molecule has 0 saturated carbocycles. The second-order valence-corrected chi connectivity index (χ2v) is 4.99. The molecule has 0 aliphatic carbocycles. The van der Waals surface area contributed by atoms with Gasteiger partial charge >= 0.3 is 5.97 Å². The summed E-state index contributed by atoms with van der Waals surface area (Å²) in [5.74, 6) is 0.0880. The number of carbonyl (C=O) groups excluding carboxylic acids is 1. The Kier molecular flexibility index (Phi) is 4.42. The second-order valence-electron chi connectivity index (χ2n) is 4.99. The van der Waals surface area contributed by atoms with Crippen LogP contribution < -0.4 is 10.5 Å². The van der Waals surface area contributed by atoms with E-state index in [4.69, 9.17) is 15.2 Å². The summed E-state index contributed by atoms with van der Waals surface area (Å²) in [6, 6.07) is 16.4. The first-order chi connectivity index (χ1) is 11.7. The van der Waals surface area contributed by atoms with Gasteiger partial charge in [0.2, 0.25) is 5.69 Å². The fraction of sp³-hybridized carbons (Fsp3) is 0.118. The van der Waals surface area contributed by atoms with Crippen molar-refractivity contribution in [2.24, 2.45) is 0 Å². The van der Waals surface area contributed by atoms with Gasteiger partial charge in [-0.05, 0) is 29.8 Å². The van der Waals surface area contributed by atoms with Crippen molar-refractivity contribution in [3.63, 3.8) is 0 Å². The van der Waals surface area contributed by atoms with Crippen molar-refractivity contribution in [3.05, 3.63) is 65.9 Å². The maximum Gasteiger partial charge on any atom is 0.363 e. The maximum absolute atomic E-state index is 12.2. The van der Waals surface area contributed by atoms with Crippen molar-refractivity contribution in [1.82, 2.24) is 15.0 Å². The molecule has 3 aromatic rings. The summed E-state index contributed by atoms with van der Waals surface area (Å²) in [4.78, 5) is 13.5. The Morgan fingerprint density at radius 3 is 2.67 bits per heavy atom. The molecule has 24 heavy (non-hydrogen) atoms. The number of benzene rings is 2. The summed E-state index contributed by atoms with van der Waals surface area (Å²) in [5.41, 5.74) is 7.27. The zero-order valence-electron chi connectivity index (χ0n) is 13.0. The molecule has 7 heteroatoms. The molecule has 0 aliphatic rings. The fourth-order valence-electron chi connectivity index (χ4n) is 2.12. The number of hydrogen-bond acceptors (Lipinski definition) is 6. The first kappa shape index (κ1) is 15.5. The summed E-state index contributed by atoms with van der Waals surface area (Å²) in [5, 5.41) is 8.15. The van der Waals surface area contributed by atoms with Crippen molar-refractivity contribution in [2.45, 2.75) is 6.61 Å². The number of rotatable bonds is 5.